The molecule has 0 aliphatic heterocycles. The van der Waals surface area contributed by atoms with E-state index in [9.17, 15) is 9.59 Å². The molecule has 126 valence electrons. The maximum Gasteiger partial charge on any atom is 0.196 e. The first kappa shape index (κ1) is 16.0. The van der Waals surface area contributed by atoms with Crippen molar-refractivity contribution in [2.45, 2.75) is 6.92 Å². The third kappa shape index (κ3) is 2.52. The molecule has 0 saturated heterocycles. The molecule has 0 unspecified atom stereocenters. The van der Waals surface area contributed by atoms with Crippen LogP contribution < -0.4 is 5.73 Å². The fraction of sp³-hybridized carbons (Fsp3) is 0.0455. The zero-order valence-corrected chi connectivity index (χ0v) is 14.2. The molecule has 4 rings (SSSR count). The molecule has 4 nitrogen and oxygen atoms in total. The van der Waals surface area contributed by atoms with Gasteiger partial charge in [0.1, 0.15) is 0 Å². The van der Waals surface area contributed by atoms with E-state index in [1.54, 1.807) is 42.6 Å². The van der Waals surface area contributed by atoms with Crippen molar-refractivity contribution in [3.63, 3.8) is 0 Å². The smallest absolute Gasteiger partial charge is 0.196 e. The van der Waals surface area contributed by atoms with Gasteiger partial charge in [0.2, 0.25) is 0 Å². The number of anilines is 1. The molecule has 0 atom stereocenters. The van der Waals surface area contributed by atoms with E-state index >= 15 is 0 Å². The van der Waals surface area contributed by atoms with Gasteiger partial charge in [0.05, 0.1) is 16.9 Å². The molecule has 3 aromatic rings. The number of aryl methyl sites for hydroxylation is 1. The van der Waals surface area contributed by atoms with Crippen LogP contribution in [-0.2, 0) is 0 Å². The highest BCUT2D eigenvalue weighted by Crippen LogP contribution is 2.32. The summed E-state index contributed by atoms with van der Waals surface area (Å²) < 4.78 is 0. The van der Waals surface area contributed by atoms with Crippen molar-refractivity contribution in [2.24, 2.45) is 4.99 Å². The number of carbonyl (C=O) groups is 2. The fourth-order valence-corrected chi connectivity index (χ4v) is 3.12. The van der Waals surface area contributed by atoms with Gasteiger partial charge in [0.15, 0.2) is 11.6 Å². The van der Waals surface area contributed by atoms with Crippen molar-refractivity contribution in [3.05, 3.63) is 94.0 Å². The molecular weight excluding hydrogens is 324 g/mol. The number of nitrogens with two attached hydrogens (primary N) is 1. The predicted octanol–water partition coefficient (Wildman–Crippen LogP) is 4.10. The molecule has 0 amide bonds. The summed E-state index contributed by atoms with van der Waals surface area (Å²) in [5, 5.41) is 0. The Bertz CT molecular complexity index is 1080. The second kappa shape index (κ2) is 6.08. The Morgan fingerprint density at radius 3 is 2.15 bits per heavy atom. The van der Waals surface area contributed by atoms with Crippen molar-refractivity contribution >= 4 is 29.2 Å². The molecule has 26 heavy (non-hydrogen) atoms. The van der Waals surface area contributed by atoms with Crippen LogP contribution in [0.4, 0.5) is 11.4 Å². The van der Waals surface area contributed by atoms with Crippen molar-refractivity contribution < 1.29 is 9.59 Å². The van der Waals surface area contributed by atoms with Crippen molar-refractivity contribution in [3.8, 4) is 0 Å². The van der Waals surface area contributed by atoms with E-state index < -0.39 is 0 Å². The summed E-state index contributed by atoms with van der Waals surface area (Å²) in [6.07, 6.45) is 1.62. The highest BCUT2D eigenvalue weighted by Gasteiger charge is 2.31. The summed E-state index contributed by atoms with van der Waals surface area (Å²) in [7, 11) is 0. The number of benzene rings is 3. The van der Waals surface area contributed by atoms with Gasteiger partial charge in [-0.2, -0.15) is 0 Å². The minimum Gasteiger partial charge on any atom is -0.398 e. The Labute approximate surface area is 151 Å². The van der Waals surface area contributed by atoms with Gasteiger partial charge in [-0.05, 0) is 25.1 Å². The molecule has 0 radical (unpaired) electrons. The Kier molecular flexibility index (Phi) is 3.73. The van der Waals surface area contributed by atoms with Crippen LogP contribution in [0.2, 0.25) is 0 Å². The quantitative estimate of drug-likeness (QED) is 0.441. The topological polar surface area (TPSA) is 72.5 Å². The number of ketones is 2. The van der Waals surface area contributed by atoms with E-state index in [-0.39, 0.29) is 22.8 Å². The lowest BCUT2D eigenvalue weighted by molar-refractivity contribution is 0.0979. The van der Waals surface area contributed by atoms with Gasteiger partial charge in [-0.3, -0.25) is 14.6 Å². The Balaban J connectivity index is 1.78. The van der Waals surface area contributed by atoms with E-state index in [1.807, 2.05) is 31.2 Å². The molecular formula is C22H16N2O2. The predicted molar refractivity (Wildman–Crippen MR) is 103 cm³/mol. The first-order chi connectivity index (χ1) is 12.6. The SMILES string of the molecule is Cc1ccc(N=Cc2ccc3c(c2N)C(=O)c2ccccc2C3=O)cc1. The summed E-state index contributed by atoms with van der Waals surface area (Å²) in [4.78, 5) is 30.0. The van der Waals surface area contributed by atoms with Gasteiger partial charge < -0.3 is 5.73 Å². The van der Waals surface area contributed by atoms with Gasteiger partial charge in [-0.15, -0.1) is 0 Å². The third-order valence-corrected chi connectivity index (χ3v) is 4.55. The molecule has 2 N–H and O–H groups in total. The molecule has 1 aliphatic carbocycles. The number of aliphatic imine (C=N–C) groups is 1. The minimum atomic E-state index is -0.224. The van der Waals surface area contributed by atoms with Crippen molar-refractivity contribution in [2.75, 3.05) is 5.73 Å². The average Bonchev–Trinajstić information content (AvgIpc) is 2.66. The fourth-order valence-electron chi connectivity index (χ4n) is 3.12. The first-order valence-corrected chi connectivity index (χ1v) is 8.28. The van der Waals surface area contributed by atoms with Crippen LogP contribution in [-0.4, -0.2) is 17.8 Å². The van der Waals surface area contributed by atoms with Crippen LogP contribution in [0.25, 0.3) is 0 Å². The molecule has 0 saturated carbocycles. The average molecular weight is 340 g/mol. The molecule has 1 aliphatic rings. The summed E-state index contributed by atoms with van der Waals surface area (Å²) in [5.41, 5.74) is 10.5. The molecule has 4 heteroatoms. The number of fused-ring (bicyclic) bond motifs is 2. The van der Waals surface area contributed by atoms with Crippen LogP contribution in [0.5, 0.6) is 0 Å². The number of hydrogen-bond acceptors (Lipinski definition) is 4. The lowest BCUT2D eigenvalue weighted by Crippen LogP contribution is -2.22. The summed E-state index contributed by atoms with van der Waals surface area (Å²) >= 11 is 0. The molecule has 3 aromatic carbocycles. The number of nitrogen functional groups attached to an aromatic ring is 1. The zero-order valence-electron chi connectivity index (χ0n) is 14.2. The number of carbonyl (C=O) groups excluding carboxylic acids is 2. The molecule has 0 heterocycles. The normalized spacial score (nSPS) is 13.0. The van der Waals surface area contributed by atoms with Gasteiger partial charge in [-0.1, -0.05) is 48.0 Å². The maximum absolute atomic E-state index is 12.9. The van der Waals surface area contributed by atoms with E-state index in [0.29, 0.717) is 22.3 Å². The van der Waals surface area contributed by atoms with E-state index in [1.165, 1.54) is 0 Å². The van der Waals surface area contributed by atoms with E-state index in [2.05, 4.69) is 4.99 Å². The second-order valence-electron chi connectivity index (χ2n) is 6.29. The van der Waals surface area contributed by atoms with Gasteiger partial charge in [0, 0.05) is 28.5 Å². The van der Waals surface area contributed by atoms with Crippen molar-refractivity contribution in [1.29, 1.82) is 0 Å². The molecule has 0 bridgehead atoms. The second-order valence-corrected chi connectivity index (χ2v) is 6.29. The monoisotopic (exact) mass is 340 g/mol. The van der Waals surface area contributed by atoms with E-state index in [0.717, 1.165) is 11.3 Å². The minimum absolute atomic E-state index is 0.177. The summed E-state index contributed by atoms with van der Waals surface area (Å²) in [5.74, 6) is -0.401. The van der Waals surface area contributed by atoms with Crippen LogP contribution in [0.1, 0.15) is 43.0 Å². The van der Waals surface area contributed by atoms with Crippen LogP contribution in [0.3, 0.4) is 0 Å². The standard InChI is InChI=1S/C22H16N2O2/c1-13-6-9-15(10-7-13)24-12-14-8-11-18-19(20(14)23)22(26)17-5-3-2-4-16(17)21(18)25/h2-12H,23H2,1H3. The van der Waals surface area contributed by atoms with Crippen LogP contribution >= 0.6 is 0 Å². The maximum atomic E-state index is 12.9. The third-order valence-electron chi connectivity index (χ3n) is 4.55. The zero-order chi connectivity index (χ0) is 18.3. The van der Waals surface area contributed by atoms with Crippen LogP contribution in [0.15, 0.2) is 65.7 Å². The number of rotatable bonds is 2. The lowest BCUT2D eigenvalue weighted by Gasteiger charge is -2.19. The highest BCUT2D eigenvalue weighted by atomic mass is 16.1. The largest absolute Gasteiger partial charge is 0.398 e. The Morgan fingerprint density at radius 2 is 1.46 bits per heavy atom. The molecule has 0 fully saturated rings. The summed E-state index contributed by atoms with van der Waals surface area (Å²) in [6, 6.07) is 18.0. The summed E-state index contributed by atoms with van der Waals surface area (Å²) in [6.45, 7) is 2.01. The molecule has 0 spiro atoms. The number of hydrogen-bond donors (Lipinski definition) is 1. The Morgan fingerprint density at radius 1 is 0.808 bits per heavy atom. The van der Waals surface area contributed by atoms with Crippen molar-refractivity contribution in [1.82, 2.24) is 0 Å². The van der Waals surface area contributed by atoms with E-state index in [4.69, 9.17) is 5.73 Å². The first-order valence-electron chi connectivity index (χ1n) is 8.28. The molecule has 0 aromatic heterocycles. The number of nitrogens with zero attached hydrogens (tertiary/aromatic N) is 1. The lowest BCUT2D eigenvalue weighted by atomic mass is 9.82. The van der Waals surface area contributed by atoms with Gasteiger partial charge in [-0.25, -0.2) is 0 Å². The Hall–Kier alpha value is -3.53. The van der Waals surface area contributed by atoms with Gasteiger partial charge >= 0.3 is 0 Å². The van der Waals surface area contributed by atoms with Gasteiger partial charge in [0.25, 0.3) is 0 Å². The highest BCUT2D eigenvalue weighted by molar-refractivity contribution is 6.30. The van der Waals surface area contributed by atoms with Crippen LogP contribution in [0, 0.1) is 6.92 Å².